The fraction of sp³-hybridized carbons (Fsp3) is 0.312. The Bertz CT molecular complexity index is 811. The smallest absolute Gasteiger partial charge is 0.251 e. The van der Waals surface area contributed by atoms with E-state index < -0.39 is 6.04 Å². The van der Waals surface area contributed by atoms with Gasteiger partial charge in [-0.2, -0.15) is 5.10 Å². The third kappa shape index (κ3) is 3.50. The number of thiazole rings is 1. The first-order valence-electron chi connectivity index (χ1n) is 7.41. The molecule has 1 unspecified atom stereocenters. The molecule has 1 aromatic carbocycles. The summed E-state index contributed by atoms with van der Waals surface area (Å²) in [6, 6.07) is 4.55. The molecule has 7 heteroatoms. The number of rotatable bonds is 5. The van der Waals surface area contributed by atoms with Crippen LogP contribution in [-0.4, -0.2) is 25.8 Å². The molecule has 1 amide bonds. The lowest BCUT2D eigenvalue weighted by Gasteiger charge is -2.18. The molecular formula is C16H18N4O2S. The highest BCUT2D eigenvalue weighted by Crippen LogP contribution is 2.25. The van der Waals surface area contributed by atoms with E-state index in [1.165, 1.54) is 11.3 Å². The molecule has 120 valence electrons. The van der Waals surface area contributed by atoms with Gasteiger partial charge >= 0.3 is 0 Å². The minimum atomic E-state index is -0.423. The van der Waals surface area contributed by atoms with Crippen molar-refractivity contribution in [3.05, 3.63) is 36.0 Å². The second-order valence-corrected chi connectivity index (χ2v) is 6.72. The molecule has 2 N–H and O–H groups in total. The van der Waals surface area contributed by atoms with E-state index in [1.54, 1.807) is 35.3 Å². The summed E-state index contributed by atoms with van der Waals surface area (Å²) in [6.45, 7) is 4.14. The van der Waals surface area contributed by atoms with Gasteiger partial charge in [0.15, 0.2) is 5.13 Å². The van der Waals surface area contributed by atoms with Crippen LogP contribution >= 0.6 is 11.3 Å². The lowest BCUT2D eigenvalue weighted by atomic mass is 10.0. The normalized spacial score (nSPS) is 12.7. The maximum absolute atomic E-state index is 12.6. The lowest BCUT2D eigenvalue weighted by molar-refractivity contribution is -0.120. The predicted molar refractivity (Wildman–Crippen MR) is 90.6 cm³/mol. The van der Waals surface area contributed by atoms with Crippen molar-refractivity contribution in [1.29, 1.82) is 0 Å². The molecule has 2 aromatic heterocycles. The van der Waals surface area contributed by atoms with Crippen LogP contribution < -0.4 is 5.32 Å². The molecule has 0 radical (unpaired) electrons. The van der Waals surface area contributed by atoms with E-state index in [4.69, 9.17) is 0 Å². The van der Waals surface area contributed by atoms with E-state index in [-0.39, 0.29) is 11.7 Å². The number of aromatic nitrogens is 3. The molecule has 3 aromatic rings. The van der Waals surface area contributed by atoms with Crippen LogP contribution in [0.25, 0.3) is 10.9 Å². The van der Waals surface area contributed by atoms with Crippen molar-refractivity contribution in [3.63, 3.8) is 0 Å². The summed E-state index contributed by atoms with van der Waals surface area (Å²) >= 11 is 1.38. The van der Waals surface area contributed by atoms with Gasteiger partial charge in [0, 0.05) is 23.2 Å². The zero-order valence-corrected chi connectivity index (χ0v) is 13.7. The Morgan fingerprint density at radius 2 is 2.26 bits per heavy atom. The van der Waals surface area contributed by atoms with Crippen LogP contribution in [0.2, 0.25) is 0 Å². The van der Waals surface area contributed by atoms with Crippen molar-refractivity contribution < 1.29 is 9.90 Å². The number of fused-ring (bicyclic) bond motifs is 1. The summed E-state index contributed by atoms with van der Waals surface area (Å²) in [5.41, 5.74) is 0.749. The number of hydrogen-bond acceptors (Lipinski definition) is 5. The second-order valence-electron chi connectivity index (χ2n) is 5.82. The van der Waals surface area contributed by atoms with E-state index in [0.717, 1.165) is 10.9 Å². The number of hydrogen-bond donors (Lipinski definition) is 2. The summed E-state index contributed by atoms with van der Waals surface area (Å²) < 4.78 is 1.67. The fourth-order valence-electron chi connectivity index (χ4n) is 2.45. The average Bonchev–Trinajstić information content (AvgIpc) is 3.13. The molecule has 0 saturated carbocycles. The zero-order chi connectivity index (χ0) is 16.4. The molecule has 3 rings (SSSR count). The van der Waals surface area contributed by atoms with Crippen molar-refractivity contribution in [2.45, 2.75) is 26.3 Å². The van der Waals surface area contributed by atoms with Crippen LogP contribution in [0.3, 0.4) is 0 Å². The summed E-state index contributed by atoms with van der Waals surface area (Å²) in [6.07, 6.45) is 4.11. The summed E-state index contributed by atoms with van der Waals surface area (Å²) in [4.78, 5) is 16.7. The quantitative estimate of drug-likeness (QED) is 0.751. The van der Waals surface area contributed by atoms with E-state index in [0.29, 0.717) is 17.5 Å². The Labute approximate surface area is 137 Å². The van der Waals surface area contributed by atoms with Crippen LogP contribution in [0.15, 0.2) is 36.0 Å². The summed E-state index contributed by atoms with van der Waals surface area (Å²) in [5.74, 6) is 0.387. The van der Waals surface area contributed by atoms with Gasteiger partial charge in [0.1, 0.15) is 11.8 Å². The number of phenolic OH excluding ortho intramolecular Hbond substituents is 1. The van der Waals surface area contributed by atoms with Gasteiger partial charge in [-0.25, -0.2) is 4.98 Å². The van der Waals surface area contributed by atoms with Crippen molar-refractivity contribution in [1.82, 2.24) is 14.8 Å². The van der Waals surface area contributed by atoms with Crippen LogP contribution in [0.1, 0.15) is 26.3 Å². The van der Waals surface area contributed by atoms with Gasteiger partial charge in [-0.1, -0.05) is 13.8 Å². The van der Waals surface area contributed by atoms with Crippen molar-refractivity contribution >= 4 is 33.3 Å². The molecular weight excluding hydrogens is 312 g/mol. The molecule has 0 bridgehead atoms. The van der Waals surface area contributed by atoms with Gasteiger partial charge in [-0.05, 0) is 30.5 Å². The summed E-state index contributed by atoms with van der Waals surface area (Å²) in [7, 11) is 0. The molecule has 6 nitrogen and oxygen atoms in total. The van der Waals surface area contributed by atoms with Crippen molar-refractivity contribution in [2.24, 2.45) is 5.92 Å². The van der Waals surface area contributed by atoms with Crippen LogP contribution in [0, 0.1) is 5.92 Å². The number of anilines is 1. The van der Waals surface area contributed by atoms with E-state index in [1.807, 2.05) is 5.38 Å². The first-order valence-corrected chi connectivity index (χ1v) is 8.29. The van der Waals surface area contributed by atoms with Crippen molar-refractivity contribution in [2.75, 3.05) is 5.32 Å². The molecule has 0 aliphatic heterocycles. The van der Waals surface area contributed by atoms with Crippen molar-refractivity contribution in [3.8, 4) is 5.75 Å². The van der Waals surface area contributed by atoms with Gasteiger partial charge in [0.05, 0.1) is 5.52 Å². The molecule has 23 heavy (non-hydrogen) atoms. The van der Waals surface area contributed by atoms with Gasteiger partial charge in [0.25, 0.3) is 5.91 Å². The van der Waals surface area contributed by atoms with Gasteiger partial charge in [0.2, 0.25) is 0 Å². The number of benzene rings is 1. The molecule has 0 spiro atoms. The Balaban J connectivity index is 1.91. The maximum Gasteiger partial charge on any atom is 0.251 e. The van der Waals surface area contributed by atoms with Crippen LogP contribution in [-0.2, 0) is 4.79 Å². The highest BCUT2D eigenvalue weighted by Gasteiger charge is 2.23. The highest BCUT2D eigenvalue weighted by molar-refractivity contribution is 7.13. The number of phenols is 1. The maximum atomic E-state index is 12.6. The molecule has 0 fully saturated rings. The first-order chi connectivity index (χ1) is 11.0. The Morgan fingerprint density at radius 3 is 2.96 bits per heavy atom. The number of carbonyl (C=O) groups is 1. The summed E-state index contributed by atoms with van der Waals surface area (Å²) in [5, 5.41) is 20.1. The van der Waals surface area contributed by atoms with Gasteiger partial charge < -0.3 is 10.4 Å². The molecule has 1 atom stereocenters. The van der Waals surface area contributed by atoms with Gasteiger partial charge in [-0.15, -0.1) is 11.3 Å². The first kappa shape index (κ1) is 15.5. The van der Waals surface area contributed by atoms with E-state index >= 15 is 0 Å². The zero-order valence-electron chi connectivity index (χ0n) is 12.9. The minimum absolute atomic E-state index is 0.134. The number of aromatic hydroxyl groups is 1. The molecule has 0 aliphatic rings. The number of carbonyl (C=O) groups excluding carboxylic acids is 1. The average molecular weight is 330 g/mol. The van der Waals surface area contributed by atoms with Crippen LogP contribution in [0.5, 0.6) is 5.75 Å². The monoisotopic (exact) mass is 330 g/mol. The SMILES string of the molecule is CC(C)CC(C(=O)Nc1nccs1)n1cc2cc(O)ccc2n1. The topological polar surface area (TPSA) is 80.0 Å². The molecule has 0 aliphatic carbocycles. The standard InChI is InChI=1S/C16H18N4O2S/c1-10(2)7-14(15(22)18-16-17-5-6-23-16)20-9-11-8-12(21)3-4-13(11)19-20/h3-6,8-10,14,21H,7H2,1-2H3,(H,17,18,22). The van der Waals surface area contributed by atoms with Gasteiger partial charge in [-0.3, -0.25) is 9.48 Å². The third-order valence-electron chi connectivity index (χ3n) is 3.48. The number of nitrogens with one attached hydrogen (secondary N) is 1. The fourth-order valence-corrected chi connectivity index (χ4v) is 2.98. The highest BCUT2D eigenvalue weighted by atomic mass is 32.1. The molecule has 2 heterocycles. The van der Waals surface area contributed by atoms with Crippen LogP contribution in [0.4, 0.5) is 5.13 Å². The number of nitrogens with zero attached hydrogens (tertiary/aromatic N) is 3. The Hall–Kier alpha value is -2.41. The van der Waals surface area contributed by atoms with E-state index in [2.05, 4.69) is 29.2 Å². The number of amides is 1. The minimum Gasteiger partial charge on any atom is -0.508 e. The Morgan fingerprint density at radius 1 is 1.43 bits per heavy atom. The third-order valence-corrected chi connectivity index (χ3v) is 4.17. The second kappa shape index (κ2) is 6.37. The predicted octanol–water partition coefficient (Wildman–Crippen LogP) is 3.42. The van der Waals surface area contributed by atoms with E-state index in [9.17, 15) is 9.90 Å². The Kier molecular flexibility index (Phi) is 4.29. The molecule has 0 saturated heterocycles. The lowest BCUT2D eigenvalue weighted by Crippen LogP contribution is -2.27. The largest absolute Gasteiger partial charge is 0.508 e.